The summed E-state index contributed by atoms with van der Waals surface area (Å²) in [5.41, 5.74) is 0.579. The molecule has 0 aliphatic rings. The first-order chi connectivity index (χ1) is 9.68. The molecule has 0 radical (unpaired) electrons. The van der Waals surface area contributed by atoms with Gasteiger partial charge in [0.1, 0.15) is 5.75 Å². The molecule has 0 spiro atoms. The summed E-state index contributed by atoms with van der Waals surface area (Å²) in [4.78, 5) is 0. The molecule has 0 saturated carbocycles. The molecular formula is C13H21NO5S2. The quantitative estimate of drug-likeness (QED) is 0.705. The number of hydrogen-bond donors (Lipinski definition) is 0. The van der Waals surface area contributed by atoms with E-state index in [1.54, 1.807) is 24.3 Å². The molecule has 0 aromatic heterocycles. The summed E-state index contributed by atoms with van der Waals surface area (Å²) in [6.07, 6.45) is 0.0813. The summed E-state index contributed by atoms with van der Waals surface area (Å²) in [5, 5.41) is 0. The molecule has 0 bridgehead atoms. The largest absolute Gasteiger partial charge is 0.496 e. The summed E-state index contributed by atoms with van der Waals surface area (Å²) < 4.78 is 53.5. The number of rotatable bonds is 8. The fourth-order valence-corrected chi connectivity index (χ4v) is 4.27. The third kappa shape index (κ3) is 5.64. The van der Waals surface area contributed by atoms with Crippen LogP contribution in [0.25, 0.3) is 0 Å². The summed E-state index contributed by atoms with van der Waals surface area (Å²) in [6.45, 7) is 0. The monoisotopic (exact) mass is 335 g/mol. The van der Waals surface area contributed by atoms with Crippen LogP contribution in [0.15, 0.2) is 24.3 Å². The molecule has 8 heteroatoms. The standard InChI is InChI=1S/C13H21NO5S2/c1-14(2)21(17,18)10-6-9-20(15,16)11-12-7-4-5-8-13(12)19-3/h4-5,7-8H,6,9-11H2,1-3H3. The van der Waals surface area contributed by atoms with E-state index >= 15 is 0 Å². The minimum atomic E-state index is -3.38. The molecule has 0 unspecified atom stereocenters. The molecular weight excluding hydrogens is 314 g/mol. The highest BCUT2D eigenvalue weighted by atomic mass is 32.2. The average molecular weight is 335 g/mol. The average Bonchev–Trinajstić information content (AvgIpc) is 2.38. The van der Waals surface area contributed by atoms with E-state index in [9.17, 15) is 16.8 Å². The van der Waals surface area contributed by atoms with Gasteiger partial charge in [0.2, 0.25) is 10.0 Å². The Kier molecular flexibility index (Phi) is 6.18. The number of ether oxygens (including phenoxy) is 1. The number of benzene rings is 1. The van der Waals surface area contributed by atoms with Crippen LogP contribution in [0.2, 0.25) is 0 Å². The van der Waals surface area contributed by atoms with Crippen LogP contribution in [-0.2, 0) is 25.6 Å². The molecule has 1 aromatic carbocycles. The zero-order chi connectivity index (χ0) is 16.1. The molecule has 1 rings (SSSR count). The van der Waals surface area contributed by atoms with Crippen molar-refractivity contribution in [1.29, 1.82) is 0 Å². The maximum absolute atomic E-state index is 12.1. The molecule has 0 aliphatic heterocycles. The van der Waals surface area contributed by atoms with Gasteiger partial charge in [-0.3, -0.25) is 0 Å². The predicted molar refractivity (Wildman–Crippen MR) is 82.6 cm³/mol. The van der Waals surface area contributed by atoms with Gasteiger partial charge in [0.05, 0.1) is 24.4 Å². The van der Waals surface area contributed by atoms with Crippen molar-refractivity contribution in [3.63, 3.8) is 0 Å². The fourth-order valence-electron chi connectivity index (χ4n) is 1.78. The zero-order valence-electron chi connectivity index (χ0n) is 12.4. The third-order valence-corrected chi connectivity index (χ3v) is 6.56. The number of nitrogens with zero attached hydrogens (tertiary/aromatic N) is 1. The molecule has 0 amide bonds. The van der Waals surface area contributed by atoms with Gasteiger partial charge >= 0.3 is 0 Å². The number of sulfone groups is 1. The van der Waals surface area contributed by atoms with E-state index in [-0.39, 0.29) is 23.7 Å². The predicted octanol–water partition coefficient (Wildman–Crippen LogP) is 0.891. The van der Waals surface area contributed by atoms with Gasteiger partial charge in [-0.2, -0.15) is 0 Å². The highest BCUT2D eigenvalue weighted by Gasteiger charge is 2.18. The van der Waals surface area contributed by atoms with E-state index in [2.05, 4.69) is 0 Å². The van der Waals surface area contributed by atoms with Gasteiger partial charge in [-0.05, 0) is 12.5 Å². The van der Waals surface area contributed by atoms with Crippen molar-refractivity contribution in [3.8, 4) is 5.75 Å². The van der Waals surface area contributed by atoms with Crippen molar-refractivity contribution in [2.45, 2.75) is 12.2 Å². The maximum Gasteiger partial charge on any atom is 0.213 e. The minimum Gasteiger partial charge on any atom is -0.496 e. The maximum atomic E-state index is 12.1. The Morgan fingerprint density at radius 2 is 1.67 bits per heavy atom. The molecule has 21 heavy (non-hydrogen) atoms. The van der Waals surface area contributed by atoms with Gasteiger partial charge in [0.25, 0.3) is 0 Å². The van der Waals surface area contributed by atoms with E-state index in [4.69, 9.17) is 4.74 Å². The van der Waals surface area contributed by atoms with E-state index in [1.165, 1.54) is 21.2 Å². The normalized spacial score (nSPS) is 12.6. The number of sulfonamides is 1. The topological polar surface area (TPSA) is 80.8 Å². The zero-order valence-corrected chi connectivity index (χ0v) is 14.1. The van der Waals surface area contributed by atoms with Crippen molar-refractivity contribution in [1.82, 2.24) is 4.31 Å². The van der Waals surface area contributed by atoms with Gasteiger partial charge in [-0.1, -0.05) is 18.2 Å². The van der Waals surface area contributed by atoms with Gasteiger partial charge in [0, 0.05) is 19.7 Å². The molecule has 0 atom stereocenters. The highest BCUT2D eigenvalue weighted by Crippen LogP contribution is 2.20. The molecule has 120 valence electrons. The Balaban J connectivity index is 2.67. The van der Waals surface area contributed by atoms with Crippen LogP contribution in [0, 0.1) is 0 Å². The lowest BCUT2D eigenvalue weighted by Gasteiger charge is -2.11. The Bertz CT molecular complexity index is 666. The lowest BCUT2D eigenvalue weighted by molar-refractivity contribution is 0.411. The number of methoxy groups -OCH3 is 1. The fraction of sp³-hybridized carbons (Fsp3) is 0.538. The Morgan fingerprint density at radius 3 is 2.24 bits per heavy atom. The Labute approximate surface area is 126 Å². The second-order valence-corrected chi connectivity index (χ2v) is 9.34. The first kappa shape index (κ1) is 17.9. The van der Waals surface area contributed by atoms with Crippen LogP contribution >= 0.6 is 0 Å². The van der Waals surface area contributed by atoms with Crippen LogP contribution in [-0.4, -0.2) is 53.9 Å². The lowest BCUT2D eigenvalue weighted by Crippen LogP contribution is -2.26. The summed E-state index contributed by atoms with van der Waals surface area (Å²) in [5.74, 6) is 0.0180. The van der Waals surface area contributed by atoms with Crippen LogP contribution in [0.3, 0.4) is 0 Å². The van der Waals surface area contributed by atoms with E-state index in [0.29, 0.717) is 11.3 Å². The Hall–Kier alpha value is -1.12. The number of hydrogen-bond acceptors (Lipinski definition) is 5. The van der Waals surface area contributed by atoms with Crippen molar-refractivity contribution >= 4 is 19.9 Å². The van der Waals surface area contributed by atoms with Crippen LogP contribution in [0.5, 0.6) is 5.75 Å². The van der Waals surface area contributed by atoms with Crippen LogP contribution in [0.4, 0.5) is 0 Å². The smallest absolute Gasteiger partial charge is 0.213 e. The summed E-state index contributed by atoms with van der Waals surface area (Å²) >= 11 is 0. The molecule has 6 nitrogen and oxygen atoms in total. The van der Waals surface area contributed by atoms with Crippen molar-refractivity contribution in [2.24, 2.45) is 0 Å². The molecule has 0 aliphatic carbocycles. The molecule has 0 heterocycles. The molecule has 0 saturated heterocycles. The van der Waals surface area contributed by atoms with Crippen molar-refractivity contribution in [3.05, 3.63) is 29.8 Å². The van der Waals surface area contributed by atoms with E-state index < -0.39 is 19.9 Å². The third-order valence-electron chi connectivity index (χ3n) is 2.98. The summed E-state index contributed by atoms with van der Waals surface area (Å²) in [7, 11) is -2.40. The van der Waals surface area contributed by atoms with E-state index in [0.717, 1.165) is 4.31 Å². The second kappa shape index (κ2) is 7.24. The first-order valence-corrected chi connectivity index (χ1v) is 9.83. The van der Waals surface area contributed by atoms with Gasteiger partial charge in [0.15, 0.2) is 9.84 Å². The second-order valence-electron chi connectivity index (χ2n) is 4.86. The highest BCUT2D eigenvalue weighted by molar-refractivity contribution is 7.91. The van der Waals surface area contributed by atoms with Crippen molar-refractivity contribution in [2.75, 3.05) is 32.7 Å². The minimum absolute atomic E-state index is 0.0813. The first-order valence-electron chi connectivity index (χ1n) is 6.40. The summed E-state index contributed by atoms with van der Waals surface area (Å²) in [6, 6.07) is 6.89. The van der Waals surface area contributed by atoms with Crippen molar-refractivity contribution < 1.29 is 21.6 Å². The Morgan fingerprint density at radius 1 is 1.05 bits per heavy atom. The van der Waals surface area contributed by atoms with Gasteiger partial charge < -0.3 is 4.74 Å². The van der Waals surface area contributed by atoms with Crippen LogP contribution < -0.4 is 4.74 Å². The van der Waals surface area contributed by atoms with Crippen LogP contribution in [0.1, 0.15) is 12.0 Å². The molecule has 0 N–H and O–H groups in total. The van der Waals surface area contributed by atoms with E-state index in [1.807, 2.05) is 0 Å². The SMILES string of the molecule is COc1ccccc1CS(=O)(=O)CCCS(=O)(=O)N(C)C. The van der Waals surface area contributed by atoms with Gasteiger partial charge in [-0.25, -0.2) is 21.1 Å². The molecule has 0 fully saturated rings. The number of para-hydroxylation sites is 1. The molecule has 1 aromatic rings. The van der Waals surface area contributed by atoms with Gasteiger partial charge in [-0.15, -0.1) is 0 Å². The lowest BCUT2D eigenvalue weighted by atomic mass is 10.2.